The number of halogens is 1. The molecule has 3 aromatic rings. The fourth-order valence-corrected chi connectivity index (χ4v) is 4.90. The molecule has 0 bridgehead atoms. The summed E-state index contributed by atoms with van der Waals surface area (Å²) in [6, 6.07) is 10.2. The largest absolute Gasteiger partial charge is 0.481 e. The van der Waals surface area contributed by atoms with E-state index in [2.05, 4.69) is 17.9 Å². The molecule has 1 aromatic heterocycles. The van der Waals surface area contributed by atoms with Crippen molar-refractivity contribution in [2.24, 2.45) is 0 Å². The fraction of sp³-hybridized carbons (Fsp3) is 0.417. The molecule has 0 radical (unpaired) electrons. The van der Waals surface area contributed by atoms with E-state index in [1.54, 1.807) is 17.0 Å². The predicted molar refractivity (Wildman–Crippen MR) is 125 cm³/mol. The molecule has 32 heavy (non-hydrogen) atoms. The highest BCUT2D eigenvalue weighted by Gasteiger charge is 2.22. The van der Waals surface area contributed by atoms with E-state index >= 15 is 0 Å². The Morgan fingerprint density at radius 1 is 1.19 bits per heavy atom. The molecule has 0 saturated carbocycles. The van der Waals surface area contributed by atoms with Crippen molar-refractivity contribution in [1.82, 2.24) is 9.88 Å². The third kappa shape index (κ3) is 5.26. The number of aryl methyl sites for hydroxylation is 2. The Hall–Kier alpha value is -2.55. The van der Waals surface area contributed by atoms with Gasteiger partial charge >= 0.3 is 0 Å². The minimum absolute atomic E-state index is 0.0742. The van der Waals surface area contributed by atoms with Crippen molar-refractivity contribution in [1.29, 1.82) is 0 Å². The van der Waals surface area contributed by atoms with Crippen LogP contribution in [0, 0.1) is 19.7 Å². The third-order valence-corrected chi connectivity index (χ3v) is 6.82. The first-order valence-electron chi connectivity index (χ1n) is 10.9. The van der Waals surface area contributed by atoms with Crippen molar-refractivity contribution in [3.63, 3.8) is 0 Å². The van der Waals surface area contributed by atoms with Gasteiger partial charge in [0.05, 0.1) is 23.4 Å². The lowest BCUT2D eigenvalue weighted by Crippen LogP contribution is -2.40. The van der Waals surface area contributed by atoms with E-state index < -0.39 is 5.82 Å². The Bertz CT molecular complexity index is 1040. The molecule has 0 spiro atoms. The number of amides is 1. The summed E-state index contributed by atoms with van der Waals surface area (Å²) in [7, 11) is 0. The van der Waals surface area contributed by atoms with Crippen LogP contribution in [0.5, 0.6) is 5.75 Å². The molecule has 170 valence electrons. The van der Waals surface area contributed by atoms with E-state index in [-0.39, 0.29) is 18.3 Å². The number of morpholine rings is 1. The highest BCUT2D eigenvalue weighted by Crippen LogP contribution is 2.33. The molecule has 1 aliphatic rings. The van der Waals surface area contributed by atoms with Crippen molar-refractivity contribution >= 4 is 32.6 Å². The van der Waals surface area contributed by atoms with Gasteiger partial charge in [-0.05, 0) is 43.5 Å². The number of nitrogens with zero attached hydrogens (tertiary/aromatic N) is 3. The number of thiazole rings is 1. The number of hydrogen-bond acceptors (Lipinski definition) is 6. The van der Waals surface area contributed by atoms with Crippen LogP contribution in [0.2, 0.25) is 0 Å². The molecule has 8 heteroatoms. The second kappa shape index (κ2) is 10.4. The smallest absolute Gasteiger partial charge is 0.266 e. The quantitative estimate of drug-likeness (QED) is 0.508. The fourth-order valence-electron chi connectivity index (χ4n) is 3.75. The zero-order chi connectivity index (χ0) is 22.5. The van der Waals surface area contributed by atoms with Crippen LogP contribution in [-0.2, 0) is 9.53 Å². The second-order valence-corrected chi connectivity index (χ2v) is 8.92. The summed E-state index contributed by atoms with van der Waals surface area (Å²) in [6.07, 6.45) is 0.805. The van der Waals surface area contributed by atoms with Crippen molar-refractivity contribution in [3.05, 3.63) is 53.3 Å². The van der Waals surface area contributed by atoms with Gasteiger partial charge < -0.3 is 9.47 Å². The molecule has 1 aliphatic heterocycles. The Balaban J connectivity index is 1.51. The van der Waals surface area contributed by atoms with Gasteiger partial charge in [0.1, 0.15) is 0 Å². The number of ether oxygens (including phenoxy) is 2. The topological polar surface area (TPSA) is 54.9 Å². The molecule has 1 saturated heterocycles. The van der Waals surface area contributed by atoms with E-state index in [4.69, 9.17) is 14.5 Å². The SMILES string of the molecule is Cc1ccc(C)c2sc(N(CCCN3CCOCC3)C(=O)COc3ccccc3F)nc12. The number of carbonyl (C=O) groups excluding carboxylic acids is 1. The number of benzene rings is 2. The molecular weight excluding hydrogens is 429 g/mol. The summed E-state index contributed by atoms with van der Waals surface area (Å²) in [6.45, 7) is 8.54. The van der Waals surface area contributed by atoms with Crippen LogP contribution in [0.4, 0.5) is 9.52 Å². The van der Waals surface area contributed by atoms with Crippen molar-refractivity contribution in [2.75, 3.05) is 50.9 Å². The summed E-state index contributed by atoms with van der Waals surface area (Å²) in [5, 5.41) is 0.654. The molecule has 0 aliphatic carbocycles. The summed E-state index contributed by atoms with van der Waals surface area (Å²) in [4.78, 5) is 22.0. The lowest BCUT2D eigenvalue weighted by Gasteiger charge is -2.27. The Morgan fingerprint density at radius 3 is 2.69 bits per heavy atom. The van der Waals surface area contributed by atoms with Gasteiger partial charge in [0.25, 0.3) is 5.91 Å². The van der Waals surface area contributed by atoms with E-state index in [0.29, 0.717) is 11.7 Å². The number of para-hydroxylation sites is 1. The number of hydrogen-bond donors (Lipinski definition) is 0. The average Bonchev–Trinajstić information content (AvgIpc) is 3.26. The van der Waals surface area contributed by atoms with Crippen molar-refractivity contribution in [2.45, 2.75) is 20.3 Å². The molecule has 0 N–H and O–H groups in total. The van der Waals surface area contributed by atoms with Crippen molar-refractivity contribution in [3.8, 4) is 5.75 Å². The summed E-state index contributed by atoms with van der Waals surface area (Å²) >= 11 is 1.52. The minimum atomic E-state index is -0.481. The van der Waals surface area contributed by atoms with Crippen LogP contribution >= 0.6 is 11.3 Å². The van der Waals surface area contributed by atoms with Crippen LogP contribution < -0.4 is 9.64 Å². The molecular formula is C24H28FN3O3S. The Morgan fingerprint density at radius 2 is 1.94 bits per heavy atom. The number of aromatic nitrogens is 1. The van der Waals surface area contributed by atoms with Crippen LogP contribution in [-0.4, -0.2) is 61.8 Å². The molecule has 1 fully saturated rings. The molecule has 2 aromatic carbocycles. The lowest BCUT2D eigenvalue weighted by molar-refractivity contribution is -0.120. The van der Waals surface area contributed by atoms with Crippen LogP contribution in [0.1, 0.15) is 17.5 Å². The van der Waals surface area contributed by atoms with E-state index in [0.717, 1.165) is 60.6 Å². The monoisotopic (exact) mass is 457 g/mol. The van der Waals surface area contributed by atoms with Gasteiger partial charge in [-0.3, -0.25) is 14.6 Å². The highest BCUT2D eigenvalue weighted by molar-refractivity contribution is 7.22. The average molecular weight is 458 g/mol. The Labute approximate surface area is 191 Å². The molecule has 2 heterocycles. The lowest BCUT2D eigenvalue weighted by atomic mass is 10.1. The second-order valence-electron chi connectivity index (χ2n) is 7.95. The van der Waals surface area contributed by atoms with E-state index in [1.807, 2.05) is 13.0 Å². The summed E-state index contributed by atoms with van der Waals surface area (Å²) in [5.41, 5.74) is 3.14. The standard InChI is InChI=1S/C24H28FN3O3S/c1-17-8-9-18(2)23-22(17)26-24(32-23)28(11-5-10-27-12-14-30-15-13-27)21(29)16-31-20-7-4-3-6-19(20)25/h3-4,6-9H,5,10-16H2,1-2H3. The maximum Gasteiger partial charge on any atom is 0.266 e. The first kappa shape index (κ1) is 22.6. The van der Waals surface area contributed by atoms with Gasteiger partial charge in [0.15, 0.2) is 23.3 Å². The van der Waals surface area contributed by atoms with Gasteiger partial charge in [-0.2, -0.15) is 0 Å². The highest BCUT2D eigenvalue weighted by atomic mass is 32.1. The molecule has 6 nitrogen and oxygen atoms in total. The summed E-state index contributed by atoms with van der Waals surface area (Å²) in [5.74, 6) is -0.639. The van der Waals surface area contributed by atoms with Gasteiger partial charge in [-0.15, -0.1) is 0 Å². The van der Waals surface area contributed by atoms with Gasteiger partial charge in [0.2, 0.25) is 0 Å². The zero-order valence-electron chi connectivity index (χ0n) is 18.5. The number of fused-ring (bicyclic) bond motifs is 1. The first-order valence-corrected chi connectivity index (χ1v) is 11.7. The van der Waals surface area contributed by atoms with Crippen LogP contribution in [0.15, 0.2) is 36.4 Å². The zero-order valence-corrected chi connectivity index (χ0v) is 19.3. The van der Waals surface area contributed by atoms with Crippen LogP contribution in [0.3, 0.4) is 0 Å². The van der Waals surface area contributed by atoms with Gasteiger partial charge in [-0.1, -0.05) is 35.6 Å². The normalized spacial score (nSPS) is 14.6. The van der Waals surface area contributed by atoms with E-state index in [1.165, 1.54) is 23.5 Å². The van der Waals surface area contributed by atoms with Crippen LogP contribution in [0.25, 0.3) is 10.2 Å². The van der Waals surface area contributed by atoms with E-state index in [9.17, 15) is 9.18 Å². The van der Waals surface area contributed by atoms with Gasteiger partial charge in [0, 0.05) is 26.2 Å². The predicted octanol–water partition coefficient (Wildman–Crippen LogP) is 4.19. The molecule has 0 atom stereocenters. The molecule has 0 unspecified atom stereocenters. The van der Waals surface area contributed by atoms with Crippen molar-refractivity contribution < 1.29 is 18.7 Å². The maximum atomic E-state index is 13.9. The summed E-state index contributed by atoms with van der Waals surface area (Å²) < 4.78 is 25.9. The van der Waals surface area contributed by atoms with Gasteiger partial charge in [-0.25, -0.2) is 9.37 Å². The first-order chi connectivity index (χ1) is 15.5. The number of rotatable bonds is 8. The third-order valence-electron chi connectivity index (χ3n) is 5.61. The Kier molecular flexibility index (Phi) is 7.34. The minimum Gasteiger partial charge on any atom is -0.481 e. The number of carbonyl (C=O) groups is 1. The number of anilines is 1. The maximum absolute atomic E-state index is 13.9. The molecule has 4 rings (SSSR count). The molecule has 1 amide bonds.